The molecule has 0 aliphatic heterocycles. The smallest absolute Gasteiger partial charge is 0.328 e. The SMILES string of the molecule is COc1cc(-c2nc3ccccc3n2Cc2ccc3c(c2)n(C)c(=O)n3C)ccc1O. The Balaban J connectivity index is 1.68. The molecule has 0 fully saturated rings. The molecule has 5 aromatic rings. The van der Waals surface area contributed by atoms with Crippen LogP contribution in [0.2, 0.25) is 0 Å². The maximum absolute atomic E-state index is 12.3. The summed E-state index contributed by atoms with van der Waals surface area (Å²) in [7, 11) is 5.10. The van der Waals surface area contributed by atoms with E-state index < -0.39 is 0 Å². The number of methoxy groups -OCH3 is 1. The van der Waals surface area contributed by atoms with E-state index in [0.717, 1.165) is 39.0 Å². The van der Waals surface area contributed by atoms with E-state index in [2.05, 4.69) is 4.57 Å². The molecule has 0 radical (unpaired) electrons. The van der Waals surface area contributed by atoms with Gasteiger partial charge in [0.05, 0.1) is 29.2 Å². The van der Waals surface area contributed by atoms with Crippen molar-refractivity contribution in [1.29, 1.82) is 0 Å². The summed E-state index contributed by atoms with van der Waals surface area (Å²) in [6.45, 7) is 0.581. The molecule has 156 valence electrons. The maximum atomic E-state index is 12.3. The van der Waals surface area contributed by atoms with Crippen molar-refractivity contribution in [2.75, 3.05) is 7.11 Å². The number of imidazole rings is 2. The van der Waals surface area contributed by atoms with Gasteiger partial charge in [0.1, 0.15) is 5.82 Å². The van der Waals surface area contributed by atoms with Crippen LogP contribution in [-0.2, 0) is 20.6 Å². The van der Waals surface area contributed by atoms with Crippen molar-refractivity contribution in [3.8, 4) is 22.9 Å². The van der Waals surface area contributed by atoms with Crippen molar-refractivity contribution in [3.05, 3.63) is 76.7 Å². The highest BCUT2D eigenvalue weighted by Crippen LogP contribution is 2.33. The minimum absolute atomic E-state index is 0.0443. The molecule has 0 atom stereocenters. The predicted molar refractivity (Wildman–Crippen MR) is 121 cm³/mol. The summed E-state index contributed by atoms with van der Waals surface area (Å²) >= 11 is 0. The summed E-state index contributed by atoms with van der Waals surface area (Å²) in [5.74, 6) is 1.27. The van der Waals surface area contributed by atoms with Gasteiger partial charge in [-0.1, -0.05) is 18.2 Å². The van der Waals surface area contributed by atoms with Crippen molar-refractivity contribution in [1.82, 2.24) is 18.7 Å². The fourth-order valence-electron chi connectivity index (χ4n) is 4.11. The van der Waals surface area contributed by atoms with Gasteiger partial charge in [-0.05, 0) is 48.0 Å². The van der Waals surface area contributed by atoms with Gasteiger partial charge in [-0.25, -0.2) is 9.78 Å². The van der Waals surface area contributed by atoms with Gasteiger partial charge in [-0.2, -0.15) is 0 Å². The van der Waals surface area contributed by atoms with Gasteiger partial charge in [0.25, 0.3) is 0 Å². The lowest BCUT2D eigenvalue weighted by molar-refractivity contribution is 0.373. The van der Waals surface area contributed by atoms with E-state index in [1.54, 1.807) is 35.4 Å². The highest BCUT2D eigenvalue weighted by Gasteiger charge is 2.16. The van der Waals surface area contributed by atoms with Crippen molar-refractivity contribution in [3.63, 3.8) is 0 Å². The van der Waals surface area contributed by atoms with E-state index >= 15 is 0 Å². The highest BCUT2D eigenvalue weighted by molar-refractivity contribution is 5.81. The third-order valence-electron chi connectivity index (χ3n) is 5.77. The van der Waals surface area contributed by atoms with Gasteiger partial charge in [-0.3, -0.25) is 9.13 Å². The molecule has 1 N–H and O–H groups in total. The van der Waals surface area contributed by atoms with Crippen molar-refractivity contribution in [2.24, 2.45) is 14.1 Å². The predicted octanol–water partition coefficient (Wildman–Crippen LogP) is 3.66. The molecular weight excluding hydrogens is 392 g/mol. The number of fused-ring (bicyclic) bond motifs is 2. The number of aromatic nitrogens is 4. The van der Waals surface area contributed by atoms with Gasteiger partial charge in [-0.15, -0.1) is 0 Å². The Kier molecular flexibility index (Phi) is 4.32. The van der Waals surface area contributed by atoms with Crippen LogP contribution in [0, 0.1) is 0 Å². The lowest BCUT2D eigenvalue weighted by Crippen LogP contribution is -2.19. The van der Waals surface area contributed by atoms with Gasteiger partial charge in [0.2, 0.25) is 0 Å². The number of hydrogen-bond donors (Lipinski definition) is 1. The standard InChI is InChI=1S/C24H22N4O3/c1-26-19-10-8-15(12-20(19)27(2)24(26)30)14-28-18-7-5-4-6-17(18)25-23(28)16-9-11-21(29)22(13-16)31-3/h4-13,29H,14H2,1-3H3. The summed E-state index contributed by atoms with van der Waals surface area (Å²) in [6.07, 6.45) is 0. The Labute approximate surface area is 178 Å². The largest absolute Gasteiger partial charge is 0.504 e. The number of rotatable bonds is 4. The zero-order chi connectivity index (χ0) is 21.7. The number of hydrogen-bond acceptors (Lipinski definition) is 4. The summed E-state index contributed by atoms with van der Waals surface area (Å²) < 4.78 is 10.8. The van der Waals surface area contributed by atoms with E-state index in [1.165, 1.54) is 7.11 Å². The van der Waals surface area contributed by atoms with Gasteiger partial charge in [0.15, 0.2) is 11.5 Å². The van der Waals surface area contributed by atoms with Crippen LogP contribution in [0.3, 0.4) is 0 Å². The molecule has 3 aromatic carbocycles. The number of aromatic hydroxyl groups is 1. The van der Waals surface area contributed by atoms with E-state index in [0.29, 0.717) is 12.3 Å². The Morgan fingerprint density at radius 2 is 1.71 bits per heavy atom. The quantitative estimate of drug-likeness (QED) is 0.487. The number of para-hydroxylation sites is 2. The first-order chi connectivity index (χ1) is 15.0. The van der Waals surface area contributed by atoms with Crippen LogP contribution < -0.4 is 10.4 Å². The lowest BCUT2D eigenvalue weighted by atomic mass is 10.1. The fourth-order valence-corrected chi connectivity index (χ4v) is 4.11. The third kappa shape index (κ3) is 2.97. The first kappa shape index (κ1) is 19.0. The molecule has 5 rings (SSSR count). The van der Waals surface area contributed by atoms with Gasteiger partial charge in [0, 0.05) is 26.2 Å². The first-order valence-electron chi connectivity index (χ1n) is 9.95. The second-order valence-corrected chi connectivity index (χ2v) is 7.62. The van der Waals surface area contributed by atoms with Crippen molar-refractivity contribution >= 4 is 22.1 Å². The zero-order valence-electron chi connectivity index (χ0n) is 17.5. The van der Waals surface area contributed by atoms with Crippen molar-refractivity contribution in [2.45, 2.75) is 6.54 Å². The molecule has 0 aliphatic carbocycles. The number of ether oxygens (including phenoxy) is 1. The summed E-state index contributed by atoms with van der Waals surface area (Å²) in [5.41, 5.74) is 5.54. The van der Waals surface area contributed by atoms with E-state index in [4.69, 9.17) is 9.72 Å². The van der Waals surface area contributed by atoms with E-state index in [1.807, 2.05) is 48.5 Å². The molecule has 0 aliphatic rings. The molecule has 7 nitrogen and oxygen atoms in total. The maximum Gasteiger partial charge on any atom is 0.328 e. The summed E-state index contributed by atoms with van der Waals surface area (Å²) in [5, 5.41) is 10.00. The lowest BCUT2D eigenvalue weighted by Gasteiger charge is -2.12. The Morgan fingerprint density at radius 3 is 2.52 bits per heavy atom. The molecule has 2 heterocycles. The van der Waals surface area contributed by atoms with Crippen molar-refractivity contribution < 1.29 is 9.84 Å². The number of aryl methyl sites for hydroxylation is 2. The molecule has 0 saturated carbocycles. The monoisotopic (exact) mass is 414 g/mol. The third-order valence-corrected chi connectivity index (χ3v) is 5.77. The summed E-state index contributed by atoms with van der Waals surface area (Å²) in [4.78, 5) is 17.1. The normalized spacial score (nSPS) is 11.5. The molecular formula is C24H22N4O3. The average molecular weight is 414 g/mol. The van der Waals surface area contributed by atoms with Crippen LogP contribution in [0.4, 0.5) is 0 Å². The fraction of sp³-hybridized carbons (Fsp3) is 0.167. The molecule has 0 unspecified atom stereocenters. The number of phenolic OH excluding ortho intramolecular Hbond substituents is 1. The van der Waals surface area contributed by atoms with E-state index in [-0.39, 0.29) is 11.4 Å². The number of nitrogens with zero attached hydrogens (tertiary/aromatic N) is 4. The topological polar surface area (TPSA) is 74.2 Å². The van der Waals surface area contributed by atoms with E-state index in [9.17, 15) is 9.90 Å². The van der Waals surface area contributed by atoms with Gasteiger partial charge < -0.3 is 14.4 Å². The van der Waals surface area contributed by atoms with Crippen LogP contribution in [-0.4, -0.2) is 30.9 Å². The second-order valence-electron chi connectivity index (χ2n) is 7.62. The average Bonchev–Trinajstić information content (AvgIpc) is 3.25. The molecule has 0 amide bonds. The number of benzene rings is 3. The zero-order valence-corrected chi connectivity index (χ0v) is 17.5. The summed E-state index contributed by atoms with van der Waals surface area (Å²) in [6, 6.07) is 19.3. The first-order valence-corrected chi connectivity index (χ1v) is 9.95. The number of phenols is 1. The van der Waals surface area contributed by atoms with Crippen LogP contribution in [0.15, 0.2) is 65.5 Å². The highest BCUT2D eigenvalue weighted by atomic mass is 16.5. The Hall–Kier alpha value is -4.00. The minimum Gasteiger partial charge on any atom is -0.504 e. The minimum atomic E-state index is -0.0443. The molecule has 7 heteroatoms. The molecule has 0 saturated heterocycles. The Morgan fingerprint density at radius 1 is 0.935 bits per heavy atom. The Bertz CT molecular complexity index is 1510. The molecule has 2 aromatic heterocycles. The van der Waals surface area contributed by atoms with Crippen LogP contribution >= 0.6 is 0 Å². The second kappa shape index (κ2) is 7.05. The van der Waals surface area contributed by atoms with Crippen LogP contribution in [0.5, 0.6) is 11.5 Å². The molecule has 0 bridgehead atoms. The van der Waals surface area contributed by atoms with Crippen LogP contribution in [0.25, 0.3) is 33.5 Å². The molecule has 31 heavy (non-hydrogen) atoms. The molecule has 0 spiro atoms. The van der Waals surface area contributed by atoms with Crippen LogP contribution in [0.1, 0.15) is 5.56 Å². The van der Waals surface area contributed by atoms with Gasteiger partial charge >= 0.3 is 5.69 Å².